The molecule has 1 saturated carbocycles. The topological polar surface area (TPSA) is 59.0 Å². The van der Waals surface area contributed by atoms with E-state index < -0.39 is 17.8 Å². The van der Waals surface area contributed by atoms with Crippen LogP contribution in [0.1, 0.15) is 24.4 Å². The van der Waals surface area contributed by atoms with E-state index in [-0.39, 0.29) is 5.54 Å². The lowest BCUT2D eigenvalue weighted by atomic mass is 10.0. The van der Waals surface area contributed by atoms with Gasteiger partial charge in [-0.3, -0.25) is 9.69 Å². The van der Waals surface area contributed by atoms with Crippen molar-refractivity contribution in [2.24, 2.45) is 0 Å². The van der Waals surface area contributed by atoms with Crippen molar-refractivity contribution >= 4 is 5.97 Å². The fourth-order valence-corrected chi connectivity index (χ4v) is 2.71. The molecule has 0 saturated heterocycles. The molecule has 1 fully saturated rings. The Bertz CT molecular complexity index is 530. The van der Waals surface area contributed by atoms with E-state index in [1.807, 2.05) is 0 Å². The molecular formula is C15H20FNO4. The molecule has 116 valence electrons. The summed E-state index contributed by atoms with van der Waals surface area (Å²) in [5, 5.41) is 9.61. The van der Waals surface area contributed by atoms with Crippen LogP contribution in [0.5, 0.6) is 5.75 Å². The SMILES string of the molecule is COCC1(N(C)C(C(=O)O)c2cc(F)ccc2OC)CC1. The maximum Gasteiger partial charge on any atom is 0.325 e. The van der Waals surface area contributed by atoms with Gasteiger partial charge < -0.3 is 14.6 Å². The normalized spacial score (nSPS) is 17.6. The minimum atomic E-state index is -1.04. The Balaban J connectivity index is 2.40. The summed E-state index contributed by atoms with van der Waals surface area (Å²) < 4.78 is 23.9. The summed E-state index contributed by atoms with van der Waals surface area (Å²) in [7, 11) is 4.76. The average molecular weight is 297 g/mol. The van der Waals surface area contributed by atoms with Crippen molar-refractivity contribution < 1.29 is 23.8 Å². The van der Waals surface area contributed by atoms with Crippen LogP contribution >= 0.6 is 0 Å². The first kappa shape index (κ1) is 15.7. The molecule has 1 aromatic carbocycles. The Morgan fingerprint density at radius 1 is 1.48 bits per heavy atom. The van der Waals surface area contributed by atoms with Gasteiger partial charge in [0.25, 0.3) is 0 Å². The third kappa shape index (κ3) is 3.01. The smallest absolute Gasteiger partial charge is 0.325 e. The number of nitrogens with zero attached hydrogens (tertiary/aromatic N) is 1. The van der Waals surface area contributed by atoms with Crippen molar-refractivity contribution in [1.82, 2.24) is 4.90 Å². The second-order valence-electron chi connectivity index (χ2n) is 5.40. The van der Waals surface area contributed by atoms with Gasteiger partial charge in [0.1, 0.15) is 17.6 Å². The summed E-state index contributed by atoms with van der Waals surface area (Å²) in [4.78, 5) is 13.5. The van der Waals surface area contributed by atoms with Crippen molar-refractivity contribution in [3.63, 3.8) is 0 Å². The first-order chi connectivity index (χ1) is 9.95. The van der Waals surface area contributed by atoms with Crippen LogP contribution in [0, 0.1) is 5.82 Å². The molecular weight excluding hydrogens is 277 g/mol. The second kappa shape index (κ2) is 5.99. The number of hydrogen-bond donors (Lipinski definition) is 1. The molecule has 0 radical (unpaired) electrons. The Morgan fingerprint density at radius 2 is 2.14 bits per heavy atom. The standard InChI is InChI=1S/C15H20FNO4/c1-17(15(6-7-15)9-20-2)13(14(18)19)11-8-10(16)4-5-12(11)21-3/h4-5,8,13H,6-7,9H2,1-3H3,(H,18,19). The molecule has 21 heavy (non-hydrogen) atoms. The van der Waals surface area contributed by atoms with Gasteiger partial charge in [-0.15, -0.1) is 0 Å². The number of aliphatic carboxylic acids is 1. The Morgan fingerprint density at radius 3 is 2.62 bits per heavy atom. The maximum absolute atomic E-state index is 13.5. The molecule has 0 heterocycles. The zero-order valence-electron chi connectivity index (χ0n) is 12.4. The number of methoxy groups -OCH3 is 2. The predicted octanol–water partition coefficient (Wildman–Crippen LogP) is 2.07. The number of halogens is 1. The van der Waals surface area contributed by atoms with Gasteiger partial charge in [0.2, 0.25) is 0 Å². The van der Waals surface area contributed by atoms with Gasteiger partial charge >= 0.3 is 5.97 Å². The molecule has 0 aliphatic heterocycles. The van der Waals surface area contributed by atoms with Crippen molar-refractivity contribution in [1.29, 1.82) is 0 Å². The molecule has 5 nitrogen and oxygen atoms in total. The van der Waals surface area contributed by atoms with E-state index in [1.165, 1.54) is 25.3 Å². The van der Waals surface area contributed by atoms with E-state index in [4.69, 9.17) is 9.47 Å². The van der Waals surface area contributed by atoms with Crippen molar-refractivity contribution in [3.8, 4) is 5.75 Å². The molecule has 1 unspecified atom stereocenters. The predicted molar refractivity (Wildman–Crippen MR) is 74.9 cm³/mol. The quantitative estimate of drug-likeness (QED) is 0.835. The lowest BCUT2D eigenvalue weighted by Crippen LogP contribution is -2.43. The number of carboxylic acids is 1. The van der Waals surface area contributed by atoms with Gasteiger partial charge in [0.05, 0.1) is 13.7 Å². The van der Waals surface area contributed by atoms with E-state index in [2.05, 4.69) is 0 Å². The van der Waals surface area contributed by atoms with E-state index in [0.29, 0.717) is 17.9 Å². The lowest BCUT2D eigenvalue weighted by Gasteiger charge is -2.33. The fourth-order valence-electron chi connectivity index (χ4n) is 2.71. The van der Waals surface area contributed by atoms with Crippen molar-refractivity contribution in [2.75, 3.05) is 27.9 Å². The van der Waals surface area contributed by atoms with Gasteiger partial charge in [0, 0.05) is 18.2 Å². The highest BCUT2D eigenvalue weighted by atomic mass is 19.1. The van der Waals surface area contributed by atoms with Crippen LogP contribution in [0.25, 0.3) is 0 Å². The number of hydrogen-bond acceptors (Lipinski definition) is 4. The molecule has 1 N–H and O–H groups in total. The van der Waals surface area contributed by atoms with E-state index in [0.717, 1.165) is 12.8 Å². The van der Waals surface area contributed by atoms with Crippen LogP contribution in [0.15, 0.2) is 18.2 Å². The number of likely N-dealkylation sites (N-methyl/N-ethyl adjacent to an activating group) is 1. The zero-order chi connectivity index (χ0) is 15.6. The summed E-state index contributed by atoms with van der Waals surface area (Å²) in [5.74, 6) is -1.16. The Hall–Kier alpha value is -1.66. The fraction of sp³-hybridized carbons (Fsp3) is 0.533. The molecule has 2 rings (SSSR count). The molecule has 0 aromatic heterocycles. The number of carboxylic acid groups (broad SMARTS) is 1. The van der Waals surface area contributed by atoms with Crippen LogP contribution in [-0.2, 0) is 9.53 Å². The third-order valence-electron chi connectivity index (χ3n) is 4.10. The number of carbonyl (C=O) groups is 1. The molecule has 0 amide bonds. The lowest BCUT2D eigenvalue weighted by molar-refractivity contribution is -0.145. The molecule has 1 aliphatic carbocycles. The highest BCUT2D eigenvalue weighted by molar-refractivity contribution is 5.77. The molecule has 1 aromatic rings. The number of rotatable bonds is 7. The third-order valence-corrected chi connectivity index (χ3v) is 4.10. The van der Waals surface area contributed by atoms with Gasteiger partial charge in [-0.2, -0.15) is 0 Å². The van der Waals surface area contributed by atoms with Crippen LogP contribution in [0.2, 0.25) is 0 Å². The summed E-state index contributed by atoms with van der Waals surface area (Å²) in [6, 6.07) is 2.94. The van der Waals surface area contributed by atoms with Gasteiger partial charge in [-0.05, 0) is 38.1 Å². The van der Waals surface area contributed by atoms with Crippen LogP contribution in [0.4, 0.5) is 4.39 Å². The van der Waals surface area contributed by atoms with Gasteiger partial charge in [0.15, 0.2) is 0 Å². The Labute approximate surface area is 123 Å². The van der Waals surface area contributed by atoms with E-state index >= 15 is 0 Å². The molecule has 0 bridgehead atoms. The first-order valence-corrected chi connectivity index (χ1v) is 6.73. The minimum absolute atomic E-state index is 0.296. The van der Waals surface area contributed by atoms with Gasteiger partial charge in [-0.25, -0.2) is 4.39 Å². The molecule has 6 heteroatoms. The summed E-state index contributed by atoms with van der Waals surface area (Å²) in [6.45, 7) is 0.449. The van der Waals surface area contributed by atoms with Gasteiger partial charge in [-0.1, -0.05) is 0 Å². The largest absolute Gasteiger partial charge is 0.496 e. The molecule has 0 spiro atoms. The summed E-state index contributed by atoms with van der Waals surface area (Å²) in [5.41, 5.74) is 0.0182. The van der Waals surface area contributed by atoms with Crippen LogP contribution in [-0.4, -0.2) is 49.4 Å². The van der Waals surface area contributed by atoms with Crippen molar-refractivity contribution in [2.45, 2.75) is 24.4 Å². The first-order valence-electron chi connectivity index (χ1n) is 6.73. The zero-order valence-corrected chi connectivity index (χ0v) is 12.4. The van der Waals surface area contributed by atoms with Crippen LogP contribution in [0.3, 0.4) is 0 Å². The minimum Gasteiger partial charge on any atom is -0.496 e. The number of ether oxygens (including phenoxy) is 2. The second-order valence-corrected chi connectivity index (χ2v) is 5.40. The Kier molecular flexibility index (Phi) is 4.49. The highest BCUT2D eigenvalue weighted by Crippen LogP contribution is 2.46. The maximum atomic E-state index is 13.5. The summed E-state index contributed by atoms with van der Waals surface area (Å²) >= 11 is 0. The van der Waals surface area contributed by atoms with E-state index in [1.54, 1.807) is 19.1 Å². The van der Waals surface area contributed by atoms with E-state index in [9.17, 15) is 14.3 Å². The van der Waals surface area contributed by atoms with Crippen LogP contribution < -0.4 is 4.74 Å². The van der Waals surface area contributed by atoms with Crippen molar-refractivity contribution in [3.05, 3.63) is 29.6 Å². The molecule has 1 aliphatic rings. The summed E-state index contributed by atoms with van der Waals surface area (Å²) in [6.07, 6.45) is 1.72. The molecule has 1 atom stereocenters. The number of benzene rings is 1. The monoisotopic (exact) mass is 297 g/mol. The highest BCUT2D eigenvalue weighted by Gasteiger charge is 2.51. The average Bonchev–Trinajstić information content (AvgIpc) is 3.20.